The summed E-state index contributed by atoms with van der Waals surface area (Å²) < 4.78 is 25.7. The van der Waals surface area contributed by atoms with Crippen LogP contribution in [0.3, 0.4) is 0 Å². The number of nitrogens with one attached hydrogen (secondary N) is 1. The molecule has 1 aliphatic carbocycles. The Labute approximate surface area is 90.3 Å². The number of nitrogens with two attached hydrogens (primary N) is 1. The highest BCUT2D eigenvalue weighted by Crippen LogP contribution is 2.33. The maximum Gasteiger partial charge on any atom is 0.214 e. The molecule has 82 valence electrons. The zero-order chi connectivity index (χ0) is 10.9. The lowest BCUT2D eigenvalue weighted by Gasteiger charge is -2.18. The lowest BCUT2D eigenvalue weighted by Crippen LogP contribution is -2.47. The van der Waals surface area contributed by atoms with Crippen LogP contribution in [0.4, 0.5) is 0 Å². The molecule has 3 N–H and O–H groups in total. The fourth-order valence-corrected chi connectivity index (χ4v) is 2.40. The quantitative estimate of drug-likeness (QED) is 0.677. The molecule has 1 rings (SSSR count). The summed E-state index contributed by atoms with van der Waals surface area (Å²) in [6.07, 6.45) is 2.01. The first-order valence-electron chi connectivity index (χ1n) is 4.65. The fraction of sp³-hybridized carbons (Fsp3) is 0.875. The summed E-state index contributed by atoms with van der Waals surface area (Å²) in [5.41, 5.74) is 5.49. The van der Waals surface area contributed by atoms with Gasteiger partial charge in [-0.1, -0.05) is 12.2 Å². The molecule has 0 aliphatic heterocycles. The summed E-state index contributed by atoms with van der Waals surface area (Å²) in [4.78, 5) is 0.247. The van der Waals surface area contributed by atoms with E-state index in [1.54, 1.807) is 13.8 Å². The fourth-order valence-electron chi connectivity index (χ4n) is 1.13. The van der Waals surface area contributed by atoms with Gasteiger partial charge in [0.05, 0.1) is 16.3 Å². The normalized spacial score (nSPS) is 19.6. The third kappa shape index (κ3) is 2.90. The van der Waals surface area contributed by atoms with Gasteiger partial charge in [-0.25, -0.2) is 13.1 Å². The maximum atomic E-state index is 11.6. The van der Waals surface area contributed by atoms with Crippen molar-refractivity contribution in [3.05, 3.63) is 0 Å². The van der Waals surface area contributed by atoms with Gasteiger partial charge in [-0.2, -0.15) is 0 Å². The Balaban J connectivity index is 2.69. The monoisotopic (exact) mass is 236 g/mol. The third-order valence-corrected chi connectivity index (χ3v) is 4.39. The predicted octanol–water partition coefficient (Wildman–Crippen LogP) is 0.379. The summed E-state index contributed by atoms with van der Waals surface area (Å²) in [5.74, 6) is 0.307. The van der Waals surface area contributed by atoms with Crippen LogP contribution >= 0.6 is 12.2 Å². The SMILES string of the molecule is CC(C)S(=O)(=O)NC(C(N)=S)C1CC1. The van der Waals surface area contributed by atoms with E-state index in [-0.39, 0.29) is 11.0 Å². The van der Waals surface area contributed by atoms with Crippen molar-refractivity contribution in [3.8, 4) is 0 Å². The first kappa shape index (κ1) is 11.9. The summed E-state index contributed by atoms with van der Waals surface area (Å²) >= 11 is 4.84. The van der Waals surface area contributed by atoms with E-state index in [1.165, 1.54) is 0 Å². The van der Waals surface area contributed by atoms with Crippen LogP contribution in [0.15, 0.2) is 0 Å². The first-order valence-corrected chi connectivity index (χ1v) is 6.60. The molecular weight excluding hydrogens is 220 g/mol. The number of hydrogen-bond acceptors (Lipinski definition) is 3. The van der Waals surface area contributed by atoms with E-state index in [1.807, 2.05) is 0 Å². The van der Waals surface area contributed by atoms with Gasteiger partial charge in [0.25, 0.3) is 0 Å². The van der Waals surface area contributed by atoms with Crippen LogP contribution in [0.1, 0.15) is 26.7 Å². The Bertz CT molecular complexity index is 320. The van der Waals surface area contributed by atoms with Gasteiger partial charge in [-0.05, 0) is 32.6 Å². The van der Waals surface area contributed by atoms with E-state index < -0.39 is 15.3 Å². The van der Waals surface area contributed by atoms with E-state index in [4.69, 9.17) is 18.0 Å². The van der Waals surface area contributed by atoms with Crippen LogP contribution in [0.25, 0.3) is 0 Å². The van der Waals surface area contributed by atoms with Gasteiger partial charge in [0, 0.05) is 0 Å². The van der Waals surface area contributed by atoms with Crippen molar-refractivity contribution in [1.82, 2.24) is 4.72 Å². The van der Waals surface area contributed by atoms with Gasteiger partial charge in [0.2, 0.25) is 10.0 Å². The molecular formula is C8H16N2O2S2. The molecule has 0 radical (unpaired) electrons. The number of sulfonamides is 1. The highest BCUT2D eigenvalue weighted by Gasteiger charge is 2.36. The van der Waals surface area contributed by atoms with Crippen molar-refractivity contribution in [2.24, 2.45) is 11.7 Å². The van der Waals surface area contributed by atoms with Crippen LogP contribution in [-0.4, -0.2) is 24.7 Å². The van der Waals surface area contributed by atoms with E-state index in [2.05, 4.69) is 4.72 Å². The molecule has 0 spiro atoms. The molecule has 0 amide bonds. The van der Waals surface area contributed by atoms with Crippen LogP contribution in [-0.2, 0) is 10.0 Å². The van der Waals surface area contributed by atoms with Crippen molar-refractivity contribution in [1.29, 1.82) is 0 Å². The van der Waals surface area contributed by atoms with Gasteiger partial charge < -0.3 is 5.73 Å². The van der Waals surface area contributed by atoms with Crippen LogP contribution in [0.5, 0.6) is 0 Å². The smallest absolute Gasteiger partial charge is 0.214 e. The molecule has 0 saturated heterocycles. The van der Waals surface area contributed by atoms with Crippen LogP contribution < -0.4 is 10.5 Å². The van der Waals surface area contributed by atoms with Crippen molar-refractivity contribution >= 4 is 27.2 Å². The second-order valence-electron chi connectivity index (χ2n) is 3.93. The summed E-state index contributed by atoms with van der Waals surface area (Å²) in [6.45, 7) is 3.26. The van der Waals surface area contributed by atoms with E-state index in [0.717, 1.165) is 12.8 Å². The highest BCUT2D eigenvalue weighted by molar-refractivity contribution is 7.90. The summed E-state index contributed by atoms with van der Waals surface area (Å²) in [6, 6.07) is -0.350. The minimum atomic E-state index is -3.26. The standard InChI is InChI=1S/C8H16N2O2S2/c1-5(2)14(11,12)10-7(8(9)13)6-3-4-6/h5-7,10H,3-4H2,1-2H3,(H2,9,13). The van der Waals surface area contributed by atoms with Crippen molar-refractivity contribution in [2.75, 3.05) is 0 Å². The molecule has 0 heterocycles. The zero-order valence-electron chi connectivity index (χ0n) is 8.36. The number of thiocarbonyl (C=S) groups is 1. The van der Waals surface area contributed by atoms with Crippen LogP contribution in [0.2, 0.25) is 0 Å². The van der Waals surface area contributed by atoms with E-state index in [9.17, 15) is 8.42 Å². The molecule has 0 bridgehead atoms. The predicted molar refractivity (Wildman–Crippen MR) is 60.5 cm³/mol. The van der Waals surface area contributed by atoms with Crippen molar-refractivity contribution in [3.63, 3.8) is 0 Å². The number of hydrogen-bond donors (Lipinski definition) is 2. The topological polar surface area (TPSA) is 72.2 Å². The molecule has 0 aromatic carbocycles. The van der Waals surface area contributed by atoms with E-state index in [0.29, 0.717) is 5.92 Å². The second-order valence-corrected chi connectivity index (χ2v) is 6.67. The van der Waals surface area contributed by atoms with Gasteiger partial charge in [-0.3, -0.25) is 0 Å². The van der Waals surface area contributed by atoms with Crippen LogP contribution in [0, 0.1) is 5.92 Å². The summed E-state index contributed by atoms with van der Waals surface area (Å²) in [7, 11) is -3.26. The highest BCUT2D eigenvalue weighted by atomic mass is 32.2. The average molecular weight is 236 g/mol. The van der Waals surface area contributed by atoms with Crippen molar-refractivity contribution in [2.45, 2.75) is 38.0 Å². The molecule has 0 aromatic heterocycles. The molecule has 1 saturated carbocycles. The Kier molecular flexibility index (Phi) is 3.49. The Morgan fingerprint density at radius 3 is 2.29 bits per heavy atom. The molecule has 6 heteroatoms. The Hall–Kier alpha value is -0.200. The lowest BCUT2D eigenvalue weighted by molar-refractivity contribution is 0.556. The largest absolute Gasteiger partial charge is 0.392 e. The van der Waals surface area contributed by atoms with Gasteiger partial charge in [0.1, 0.15) is 0 Å². The third-order valence-electron chi connectivity index (χ3n) is 2.31. The second kappa shape index (κ2) is 4.12. The number of rotatable bonds is 5. The lowest BCUT2D eigenvalue weighted by atomic mass is 10.2. The molecule has 1 aliphatic rings. The minimum absolute atomic E-state index is 0.247. The zero-order valence-corrected chi connectivity index (χ0v) is 9.99. The average Bonchev–Trinajstić information content (AvgIpc) is 2.81. The molecule has 4 nitrogen and oxygen atoms in total. The van der Waals surface area contributed by atoms with E-state index >= 15 is 0 Å². The first-order chi connectivity index (χ1) is 6.34. The molecule has 1 unspecified atom stereocenters. The van der Waals surface area contributed by atoms with Gasteiger partial charge in [-0.15, -0.1) is 0 Å². The molecule has 14 heavy (non-hydrogen) atoms. The molecule has 1 fully saturated rings. The molecule has 1 atom stereocenters. The molecule has 0 aromatic rings. The Morgan fingerprint density at radius 1 is 1.50 bits per heavy atom. The minimum Gasteiger partial charge on any atom is -0.392 e. The van der Waals surface area contributed by atoms with Gasteiger partial charge >= 0.3 is 0 Å². The van der Waals surface area contributed by atoms with Crippen molar-refractivity contribution < 1.29 is 8.42 Å². The maximum absolute atomic E-state index is 11.6. The Morgan fingerprint density at radius 2 is 2.00 bits per heavy atom. The summed E-state index contributed by atoms with van der Waals surface area (Å²) in [5, 5.41) is -0.446. The van der Waals surface area contributed by atoms with Gasteiger partial charge in [0.15, 0.2) is 0 Å².